The van der Waals surface area contributed by atoms with E-state index >= 15 is 0 Å². The standard InChI is InChI=1S/C35H54O5S/c1-33-16-14-27(37)20-25(33)8-10-30-31-11-9-26(34(31,2)17-15-32(30)33)21-29(41(39,40)28-6-4-3-5-7-28)22-35(38)18-12-24(23-36)13-19-35/h3-7,24-27,29-32,36-38H,8-23H2,1-2H3. The van der Waals surface area contributed by atoms with E-state index in [2.05, 4.69) is 13.8 Å². The van der Waals surface area contributed by atoms with Crippen molar-refractivity contribution in [3.05, 3.63) is 30.3 Å². The number of aliphatic hydroxyl groups excluding tert-OH is 2. The first-order valence-corrected chi connectivity index (χ1v) is 18.3. The van der Waals surface area contributed by atoms with Gasteiger partial charge in [-0.15, -0.1) is 0 Å². The van der Waals surface area contributed by atoms with Crippen molar-refractivity contribution in [3.63, 3.8) is 0 Å². The highest BCUT2D eigenvalue weighted by molar-refractivity contribution is 7.92. The molecule has 5 saturated carbocycles. The Labute approximate surface area is 248 Å². The zero-order valence-electron chi connectivity index (χ0n) is 25.4. The van der Waals surface area contributed by atoms with Crippen LogP contribution in [-0.2, 0) is 9.84 Å². The highest BCUT2D eigenvalue weighted by Crippen LogP contribution is 2.68. The third-order valence-corrected chi connectivity index (χ3v) is 16.0. The van der Waals surface area contributed by atoms with Crippen LogP contribution in [0.25, 0.3) is 0 Å². The number of aliphatic hydroxyl groups is 3. The third-order valence-electron chi connectivity index (χ3n) is 13.8. The smallest absolute Gasteiger partial charge is 0.181 e. The molecule has 0 aliphatic heterocycles. The van der Waals surface area contributed by atoms with Crippen molar-refractivity contribution in [3.8, 4) is 0 Å². The number of rotatable bonds is 7. The summed E-state index contributed by atoms with van der Waals surface area (Å²) in [6.07, 6.45) is 13.8. The first kappa shape index (κ1) is 30.1. The van der Waals surface area contributed by atoms with Crippen LogP contribution in [0.1, 0.15) is 110 Å². The van der Waals surface area contributed by atoms with Gasteiger partial charge in [0, 0.05) is 6.61 Å². The minimum atomic E-state index is -3.60. The summed E-state index contributed by atoms with van der Waals surface area (Å²) >= 11 is 0. The van der Waals surface area contributed by atoms with Gasteiger partial charge >= 0.3 is 0 Å². The summed E-state index contributed by atoms with van der Waals surface area (Å²) in [7, 11) is -3.60. The molecule has 41 heavy (non-hydrogen) atoms. The van der Waals surface area contributed by atoms with Crippen molar-refractivity contribution in [2.75, 3.05) is 6.61 Å². The van der Waals surface area contributed by atoms with Gasteiger partial charge in [0.1, 0.15) is 0 Å². The Balaban J connectivity index is 1.24. The molecule has 0 amide bonds. The lowest BCUT2D eigenvalue weighted by Crippen LogP contribution is -2.54. The van der Waals surface area contributed by atoms with E-state index in [1.54, 1.807) is 24.3 Å². The van der Waals surface area contributed by atoms with Crippen LogP contribution in [0.3, 0.4) is 0 Å². The van der Waals surface area contributed by atoms with Crippen LogP contribution in [0.2, 0.25) is 0 Å². The molecule has 6 rings (SSSR count). The monoisotopic (exact) mass is 586 g/mol. The lowest BCUT2D eigenvalue weighted by Gasteiger charge is -2.61. The molecule has 5 aliphatic carbocycles. The molecule has 5 aliphatic rings. The summed E-state index contributed by atoms with van der Waals surface area (Å²) in [5.74, 6) is 3.32. The number of benzene rings is 1. The summed E-state index contributed by atoms with van der Waals surface area (Å²) in [6, 6.07) is 8.92. The van der Waals surface area contributed by atoms with Gasteiger partial charge in [0.2, 0.25) is 0 Å². The molecule has 0 radical (unpaired) electrons. The molecule has 6 heteroatoms. The SMILES string of the molecule is CC12CCC(O)CC1CCC1C2CCC2(C)C(CC(CC3(O)CCC(CO)CC3)S(=O)(=O)c3ccccc3)CCC12. The summed E-state index contributed by atoms with van der Waals surface area (Å²) in [6.45, 7) is 5.16. The highest BCUT2D eigenvalue weighted by atomic mass is 32.2. The normalized spacial score (nSPS) is 45.3. The molecule has 0 spiro atoms. The van der Waals surface area contributed by atoms with Crippen molar-refractivity contribution in [2.45, 2.75) is 132 Å². The van der Waals surface area contributed by atoms with E-state index in [1.807, 2.05) is 6.07 Å². The molecule has 5 nitrogen and oxygen atoms in total. The second kappa shape index (κ2) is 11.2. The van der Waals surface area contributed by atoms with E-state index in [0.29, 0.717) is 53.7 Å². The zero-order valence-corrected chi connectivity index (χ0v) is 26.2. The Morgan fingerprint density at radius 3 is 2.24 bits per heavy atom. The van der Waals surface area contributed by atoms with Gasteiger partial charge in [-0.2, -0.15) is 0 Å². The molecule has 5 fully saturated rings. The average Bonchev–Trinajstić information content (AvgIpc) is 3.30. The molecule has 1 aromatic rings. The predicted molar refractivity (Wildman–Crippen MR) is 162 cm³/mol. The molecule has 9 atom stereocenters. The molecule has 0 heterocycles. The van der Waals surface area contributed by atoms with E-state index in [4.69, 9.17) is 0 Å². The maximum Gasteiger partial charge on any atom is 0.181 e. The van der Waals surface area contributed by atoms with Gasteiger partial charge in [-0.1, -0.05) is 32.0 Å². The van der Waals surface area contributed by atoms with E-state index < -0.39 is 20.7 Å². The fourth-order valence-electron chi connectivity index (χ4n) is 11.2. The summed E-state index contributed by atoms with van der Waals surface area (Å²) < 4.78 is 28.4. The van der Waals surface area contributed by atoms with Crippen LogP contribution >= 0.6 is 0 Å². The zero-order chi connectivity index (χ0) is 29.0. The van der Waals surface area contributed by atoms with Gasteiger partial charge < -0.3 is 15.3 Å². The van der Waals surface area contributed by atoms with E-state index in [1.165, 1.54) is 32.1 Å². The lowest BCUT2D eigenvalue weighted by atomic mass is 9.44. The molecule has 0 bridgehead atoms. The quantitative estimate of drug-likeness (QED) is 0.337. The summed E-state index contributed by atoms with van der Waals surface area (Å²) in [5, 5.41) is 31.1. The lowest BCUT2D eigenvalue weighted by molar-refractivity contribution is -0.127. The highest BCUT2D eigenvalue weighted by Gasteiger charge is 2.60. The molecule has 230 valence electrons. The van der Waals surface area contributed by atoms with Gasteiger partial charge in [0.25, 0.3) is 0 Å². The molecule has 1 aromatic carbocycles. The molecule has 9 unspecified atom stereocenters. The molecule has 0 aromatic heterocycles. The van der Waals surface area contributed by atoms with Crippen LogP contribution in [0.4, 0.5) is 0 Å². The Kier molecular flexibility index (Phi) is 8.22. The maximum atomic E-state index is 14.2. The van der Waals surface area contributed by atoms with E-state index in [-0.39, 0.29) is 24.0 Å². The number of sulfone groups is 1. The number of hydrogen-bond acceptors (Lipinski definition) is 5. The fraction of sp³-hybridized carbons (Fsp3) is 0.829. The first-order chi connectivity index (χ1) is 19.5. The minimum Gasteiger partial charge on any atom is -0.396 e. The van der Waals surface area contributed by atoms with Gasteiger partial charge in [-0.3, -0.25) is 0 Å². The molecular weight excluding hydrogens is 532 g/mol. The van der Waals surface area contributed by atoms with Crippen LogP contribution in [0, 0.1) is 46.3 Å². The second-order valence-electron chi connectivity index (χ2n) is 15.7. The number of fused-ring (bicyclic) bond motifs is 5. The Morgan fingerprint density at radius 2 is 1.54 bits per heavy atom. The van der Waals surface area contributed by atoms with Crippen molar-refractivity contribution in [2.24, 2.45) is 46.3 Å². The van der Waals surface area contributed by atoms with Gasteiger partial charge in [0.15, 0.2) is 9.84 Å². The van der Waals surface area contributed by atoms with Crippen LogP contribution in [0.5, 0.6) is 0 Å². The van der Waals surface area contributed by atoms with E-state index in [9.17, 15) is 23.7 Å². The summed E-state index contributed by atoms with van der Waals surface area (Å²) in [5.41, 5.74) is -0.481. The van der Waals surface area contributed by atoms with Gasteiger partial charge in [0.05, 0.1) is 21.9 Å². The Bertz CT molecular complexity index is 1160. The first-order valence-electron chi connectivity index (χ1n) is 16.8. The molecule has 3 N–H and O–H groups in total. The van der Waals surface area contributed by atoms with Gasteiger partial charge in [-0.25, -0.2) is 8.42 Å². The van der Waals surface area contributed by atoms with Gasteiger partial charge in [-0.05, 0) is 155 Å². The minimum absolute atomic E-state index is 0.119. The number of hydrogen-bond donors (Lipinski definition) is 3. The van der Waals surface area contributed by atoms with Crippen LogP contribution < -0.4 is 0 Å². The third kappa shape index (κ3) is 5.36. The van der Waals surface area contributed by atoms with Crippen LogP contribution in [-0.4, -0.2) is 47.3 Å². The van der Waals surface area contributed by atoms with E-state index in [0.717, 1.165) is 50.4 Å². The van der Waals surface area contributed by atoms with Crippen molar-refractivity contribution in [1.29, 1.82) is 0 Å². The Morgan fingerprint density at radius 1 is 0.854 bits per heavy atom. The Hall–Kier alpha value is -0.950. The molecular formula is C35H54O5S. The van der Waals surface area contributed by atoms with Crippen molar-refractivity contribution >= 4 is 9.84 Å². The maximum absolute atomic E-state index is 14.2. The van der Waals surface area contributed by atoms with Crippen LogP contribution in [0.15, 0.2) is 35.2 Å². The average molecular weight is 587 g/mol. The fourth-order valence-corrected chi connectivity index (χ4v) is 13.1. The topological polar surface area (TPSA) is 94.8 Å². The molecule has 0 saturated heterocycles. The van der Waals surface area contributed by atoms with Crippen molar-refractivity contribution in [1.82, 2.24) is 0 Å². The second-order valence-corrected chi connectivity index (χ2v) is 17.9. The largest absolute Gasteiger partial charge is 0.396 e. The summed E-state index contributed by atoms with van der Waals surface area (Å²) in [4.78, 5) is 0.381. The predicted octanol–water partition coefficient (Wildman–Crippen LogP) is 6.54. The van der Waals surface area contributed by atoms with Crippen molar-refractivity contribution < 1.29 is 23.7 Å².